The van der Waals surface area contributed by atoms with Gasteiger partial charge in [-0.3, -0.25) is 57.5 Å². The van der Waals surface area contributed by atoms with Crippen LogP contribution in [0, 0.1) is 0 Å². The van der Waals surface area contributed by atoms with Crippen molar-refractivity contribution < 1.29 is 97.3 Å². The van der Waals surface area contributed by atoms with E-state index in [-0.39, 0.29) is 111 Å². The van der Waals surface area contributed by atoms with E-state index in [4.69, 9.17) is 27.4 Å². The zero-order valence-corrected chi connectivity index (χ0v) is 58.8. The first-order valence-corrected chi connectivity index (χ1v) is 35.6. The summed E-state index contributed by atoms with van der Waals surface area (Å²) in [6.45, 7) is 1.88. The molecule has 33 heteroatoms. The van der Waals surface area contributed by atoms with E-state index >= 15 is 0 Å². The van der Waals surface area contributed by atoms with Gasteiger partial charge in [-0.15, -0.1) is 0 Å². The van der Waals surface area contributed by atoms with E-state index < -0.39 is 163 Å². The van der Waals surface area contributed by atoms with E-state index in [1.54, 1.807) is 36.4 Å². The molecule has 0 aromatic heterocycles. The number of aliphatic hydroxyl groups is 1. The Morgan fingerprint density at radius 3 is 1.95 bits per heavy atom. The molecule has 560 valence electrons. The van der Waals surface area contributed by atoms with Gasteiger partial charge in [-0.05, 0) is 152 Å². The fraction of sp³-hybridized carbons (Fsp3) is 0.521. The van der Waals surface area contributed by atoms with Crippen molar-refractivity contribution in [1.29, 1.82) is 0 Å². The number of ether oxygens (including phenoxy) is 2. The number of unbranched alkanes of at least 4 members (excludes halogenated alkanes) is 1. The van der Waals surface area contributed by atoms with Crippen LogP contribution in [0.5, 0.6) is 23.0 Å². The average molecular weight is 1460 g/mol. The number of hydrogen-bond donors (Lipinski definition) is 12. The Kier molecular flexibility index (Phi) is 26.3. The van der Waals surface area contributed by atoms with Crippen molar-refractivity contribution in [2.75, 3.05) is 57.7 Å². The maximum Gasteiger partial charge on any atom is 0.340 e. The fourth-order valence-corrected chi connectivity index (χ4v) is 14.3. The number of nitrogens with zero attached hydrogens (tertiary/aromatic N) is 5. The van der Waals surface area contributed by atoms with Gasteiger partial charge < -0.3 is 97.1 Å². The van der Waals surface area contributed by atoms with Crippen LogP contribution in [0.1, 0.15) is 156 Å². The number of carboxylic acids is 2. The van der Waals surface area contributed by atoms with Crippen molar-refractivity contribution >= 4 is 100.0 Å². The standard InChI is InChI=1S/C71H90N12O20S/c1-40-65(97)82-33-14-17-53(82)68(100)83-34-13-16-52(83)67(99)80(39-57(88)76-49(62(72)94)25-27-59(90)91)31-11-7-5-3-4-6-10-30-79(38-56(87)77-50(26-28-60(92)93)66(98)81-32-12-15-51(81)63(95)78-61(41(2)84)64(96)74-40)58(89)18-8-9-29-73-70(104)75-42-19-22-45-48(35-42)71(103-69(45)101)46-23-20-43(85)36-54(46)102-55-37-44(86)21-24-47(55)71/h6,10,19-24,35-37,40-41,49-53,61,84-86H,3-5,7-9,11-18,25-34,38-39H2,1-2H3,(H2,72,94)(H,74,96)(H,76,88)(H,77,87)(H,78,95)(H,90,91)(H,92,93)(H2,73,75,104)/b10-6-/t40-,41+,49-,50-,51-,52-,53-,61-/m0/s1. The third-order valence-electron chi connectivity index (χ3n) is 19.4. The zero-order valence-electron chi connectivity index (χ0n) is 57.9. The summed E-state index contributed by atoms with van der Waals surface area (Å²) in [4.78, 5) is 184. The topological polar surface area (TPSA) is 456 Å². The SMILES string of the molecule is C[C@@H]1NC(=O)[C@H]([C@@H](C)O)NC(=O)[C@@H]2CCCN2C(=O)[C@H](CCC(=O)O)NC(=O)CN(C(=O)CCCCNC(=S)Nc2ccc3c(c2)C2(OC3=O)c3ccc(O)cc3Oc3cc(O)ccc32)C/C=C\CCCCCCN(CC(=O)N[C@@H](CCC(=O)O)C(N)=O)C(=O)[C@@H]2CCCN2C(=O)[C@@H]2CCCN2C1=O. The van der Waals surface area contributed by atoms with Crippen molar-refractivity contribution in [2.45, 2.75) is 183 Å². The van der Waals surface area contributed by atoms with Crippen LogP contribution < -0.4 is 42.4 Å². The predicted octanol–water partition coefficient (Wildman–Crippen LogP) is 1.83. The highest BCUT2D eigenvalue weighted by atomic mass is 32.1. The molecule has 9 rings (SSSR count). The van der Waals surface area contributed by atoms with E-state index in [0.717, 1.165) is 4.90 Å². The van der Waals surface area contributed by atoms with Crippen LogP contribution in [0.25, 0.3) is 0 Å². The highest BCUT2D eigenvalue weighted by Gasteiger charge is 2.54. The number of amides is 10. The number of thiocarbonyl (C=S) groups is 1. The molecular weight excluding hydrogens is 1370 g/mol. The van der Waals surface area contributed by atoms with Gasteiger partial charge in [-0.1, -0.05) is 25.0 Å². The number of hydrogen-bond acceptors (Lipinski definition) is 19. The van der Waals surface area contributed by atoms with E-state index in [1.807, 2.05) is 6.08 Å². The molecule has 32 nitrogen and oxygen atoms in total. The molecule has 13 N–H and O–H groups in total. The maximum absolute atomic E-state index is 14.7. The number of nitrogens with one attached hydrogen (secondary N) is 6. The molecule has 3 aromatic carbocycles. The molecule has 3 saturated heterocycles. The summed E-state index contributed by atoms with van der Waals surface area (Å²) in [5.41, 5.74) is 6.01. The number of carbonyl (C=O) groups excluding carboxylic acids is 11. The first-order chi connectivity index (χ1) is 49.6. The number of esters is 1. The minimum atomic E-state index is -1.69. The molecule has 0 aliphatic carbocycles. The quantitative estimate of drug-likeness (QED) is 0.0397. The number of nitrogens with two attached hydrogens (primary N) is 1. The van der Waals surface area contributed by atoms with Crippen LogP contribution in [-0.4, -0.2) is 233 Å². The van der Waals surface area contributed by atoms with Crippen LogP contribution in [0.4, 0.5) is 5.69 Å². The number of allylic oxidation sites excluding steroid dienone is 1. The smallest absolute Gasteiger partial charge is 0.340 e. The Labute approximate surface area is 604 Å². The first kappa shape index (κ1) is 77.7. The van der Waals surface area contributed by atoms with Gasteiger partial charge in [-0.25, -0.2) is 4.79 Å². The zero-order chi connectivity index (χ0) is 75.1. The van der Waals surface area contributed by atoms with Gasteiger partial charge >= 0.3 is 17.9 Å². The molecular formula is C71H90N12O20S. The minimum Gasteiger partial charge on any atom is -0.508 e. The second kappa shape index (κ2) is 35.2. The second-order valence-electron chi connectivity index (χ2n) is 26.9. The molecule has 8 atom stereocenters. The molecule has 3 fully saturated rings. The third kappa shape index (κ3) is 18.9. The van der Waals surface area contributed by atoms with Gasteiger partial charge in [0, 0.05) is 93.0 Å². The minimum absolute atomic E-state index is 0.0136. The molecule has 0 bridgehead atoms. The lowest BCUT2D eigenvalue weighted by Gasteiger charge is -2.36. The number of aliphatic carboxylic acids is 2. The number of benzene rings is 3. The molecule has 6 heterocycles. The molecule has 0 saturated carbocycles. The maximum atomic E-state index is 14.7. The summed E-state index contributed by atoms with van der Waals surface area (Å²) >= 11 is 5.68. The molecule has 6 aliphatic rings. The number of phenolic OH excluding ortho intramolecular Hbond substituents is 2. The van der Waals surface area contributed by atoms with Crippen molar-refractivity contribution in [3.05, 3.63) is 89.0 Å². The Morgan fingerprint density at radius 1 is 0.683 bits per heavy atom. The number of carboxylic acid groups (broad SMARTS) is 2. The number of aromatic hydroxyl groups is 2. The molecule has 10 amide bonds. The Balaban J connectivity index is 0.894. The van der Waals surface area contributed by atoms with Crippen molar-refractivity contribution in [3.8, 4) is 23.0 Å². The number of aliphatic hydroxyl groups excluding tert-OH is 1. The summed E-state index contributed by atoms with van der Waals surface area (Å²) < 4.78 is 12.3. The summed E-state index contributed by atoms with van der Waals surface area (Å²) in [7, 11) is 0. The lowest BCUT2D eigenvalue weighted by atomic mass is 9.77. The predicted molar refractivity (Wildman–Crippen MR) is 374 cm³/mol. The molecule has 6 aliphatic heterocycles. The monoisotopic (exact) mass is 1460 g/mol. The van der Waals surface area contributed by atoms with Crippen LogP contribution >= 0.6 is 12.2 Å². The second-order valence-corrected chi connectivity index (χ2v) is 27.3. The summed E-state index contributed by atoms with van der Waals surface area (Å²) in [5, 5.41) is 67.3. The van der Waals surface area contributed by atoms with Crippen LogP contribution in [-0.2, 0) is 67.9 Å². The van der Waals surface area contributed by atoms with Crippen molar-refractivity contribution in [2.24, 2.45) is 5.73 Å². The molecule has 0 radical (unpaired) electrons. The van der Waals surface area contributed by atoms with Gasteiger partial charge in [0.05, 0.1) is 24.8 Å². The van der Waals surface area contributed by atoms with E-state index in [1.165, 1.54) is 57.7 Å². The number of fused-ring (bicyclic) bond motifs is 9. The first-order valence-electron chi connectivity index (χ1n) is 35.2. The highest BCUT2D eigenvalue weighted by Crippen LogP contribution is 2.57. The third-order valence-corrected chi connectivity index (χ3v) is 19.6. The highest BCUT2D eigenvalue weighted by molar-refractivity contribution is 7.80. The van der Waals surface area contributed by atoms with E-state index in [0.29, 0.717) is 80.2 Å². The summed E-state index contributed by atoms with van der Waals surface area (Å²) in [6.07, 6.45) is 4.97. The number of rotatable bonds is 17. The van der Waals surface area contributed by atoms with Gasteiger partial charge in [0.2, 0.25) is 59.1 Å². The summed E-state index contributed by atoms with van der Waals surface area (Å²) in [6, 6.07) is 4.50. The fourth-order valence-electron chi connectivity index (χ4n) is 14.1. The molecule has 1 spiro atoms. The van der Waals surface area contributed by atoms with Gasteiger partial charge in [0.15, 0.2) is 10.7 Å². The van der Waals surface area contributed by atoms with Crippen molar-refractivity contribution in [3.63, 3.8) is 0 Å². The molecule has 104 heavy (non-hydrogen) atoms. The largest absolute Gasteiger partial charge is 0.508 e. The van der Waals surface area contributed by atoms with Gasteiger partial charge in [-0.2, -0.15) is 0 Å². The molecule has 3 aromatic rings. The number of anilines is 1. The molecule has 0 unspecified atom stereocenters. The Morgan fingerprint density at radius 2 is 1.31 bits per heavy atom. The number of carbonyl (C=O) groups is 13. The van der Waals surface area contributed by atoms with E-state index in [9.17, 15) is 87.9 Å². The average Bonchev–Trinajstić information content (AvgIpc) is 1.46. The van der Waals surface area contributed by atoms with E-state index in [2.05, 4.69) is 31.9 Å². The number of primary amides is 1. The van der Waals surface area contributed by atoms with Crippen LogP contribution in [0.15, 0.2) is 66.7 Å². The summed E-state index contributed by atoms with van der Waals surface area (Å²) in [5.74, 6) is -10.5. The lowest BCUT2D eigenvalue weighted by molar-refractivity contribution is -0.150. The normalized spacial score (nSPS) is 23.0. The van der Waals surface area contributed by atoms with Crippen molar-refractivity contribution in [1.82, 2.24) is 51.1 Å². The van der Waals surface area contributed by atoms with Gasteiger partial charge in [0.25, 0.3) is 0 Å². The van der Waals surface area contributed by atoms with Crippen LogP contribution in [0.3, 0.4) is 0 Å². The number of phenols is 2. The Bertz CT molecular complexity index is 3800. The Hall–Kier alpha value is -10.4. The lowest BCUT2D eigenvalue weighted by Crippen LogP contribution is -2.61. The van der Waals surface area contributed by atoms with Crippen LogP contribution in [0.2, 0.25) is 0 Å². The van der Waals surface area contributed by atoms with Gasteiger partial charge in [0.1, 0.15) is 65.3 Å².